The van der Waals surface area contributed by atoms with Gasteiger partial charge in [-0.3, -0.25) is 9.89 Å². The molecule has 0 radical (unpaired) electrons. The molecule has 0 saturated carbocycles. The van der Waals surface area contributed by atoms with E-state index in [1.54, 1.807) is 0 Å². The largest absolute Gasteiger partial charge is 0.423 e. The monoisotopic (exact) mass is 506 g/mol. The molecule has 2 aliphatic heterocycles. The van der Waals surface area contributed by atoms with E-state index in [2.05, 4.69) is 44.2 Å². The number of β-amino-alcohol motifs (C(OH)–C–C–N with tert-alkyl or cyclic N) is 1. The minimum atomic E-state index is 0.167. The molecule has 188 valence electrons. The van der Waals surface area contributed by atoms with Crippen molar-refractivity contribution in [2.75, 3.05) is 56.1 Å². The Hall–Kier alpha value is -3.20. The number of ether oxygens (including phenoxy) is 1. The lowest BCUT2D eigenvalue weighted by atomic mass is 10.1. The highest BCUT2D eigenvalue weighted by atomic mass is 35.5. The van der Waals surface area contributed by atoms with Gasteiger partial charge < -0.3 is 20.1 Å². The summed E-state index contributed by atoms with van der Waals surface area (Å²) in [7, 11) is 0. The van der Waals surface area contributed by atoms with Gasteiger partial charge in [0.1, 0.15) is 23.2 Å². The quantitative estimate of drug-likeness (QED) is 0.578. The molecule has 3 aliphatic rings. The summed E-state index contributed by atoms with van der Waals surface area (Å²) in [5.41, 5.74) is 4.62. The van der Waals surface area contributed by atoms with Crippen molar-refractivity contribution in [2.24, 2.45) is 4.99 Å². The van der Waals surface area contributed by atoms with E-state index in [0.29, 0.717) is 29.7 Å². The van der Waals surface area contributed by atoms with Gasteiger partial charge >= 0.3 is 6.01 Å². The number of benzene rings is 1. The Labute approximate surface area is 216 Å². The molecule has 1 aromatic heterocycles. The van der Waals surface area contributed by atoms with Crippen LogP contribution in [0.25, 0.3) is 6.08 Å². The molecule has 0 unspecified atom stereocenters. The van der Waals surface area contributed by atoms with E-state index in [9.17, 15) is 5.11 Å². The summed E-state index contributed by atoms with van der Waals surface area (Å²) in [5.74, 6) is 2.67. The highest BCUT2D eigenvalue weighted by Crippen LogP contribution is 2.38. The van der Waals surface area contributed by atoms with Crippen molar-refractivity contribution in [3.63, 3.8) is 0 Å². The lowest BCUT2D eigenvalue weighted by molar-refractivity contribution is 0.188. The third-order valence-corrected chi connectivity index (χ3v) is 6.88. The summed E-state index contributed by atoms with van der Waals surface area (Å²) in [4.78, 5) is 18.4. The molecule has 5 rings (SSSR count). The number of halogens is 1. The number of rotatable bonds is 7. The van der Waals surface area contributed by atoms with Crippen LogP contribution in [0.3, 0.4) is 0 Å². The van der Waals surface area contributed by atoms with Crippen LogP contribution in [0.15, 0.2) is 52.6 Å². The second-order valence-corrected chi connectivity index (χ2v) is 9.59. The van der Waals surface area contributed by atoms with Crippen molar-refractivity contribution < 1.29 is 9.84 Å². The third kappa shape index (κ3) is 5.46. The molecule has 1 fully saturated rings. The Bertz CT molecular complexity index is 1260. The van der Waals surface area contributed by atoms with Crippen molar-refractivity contribution in [1.82, 2.24) is 14.9 Å². The highest BCUT2D eigenvalue weighted by Gasteiger charge is 2.22. The van der Waals surface area contributed by atoms with Gasteiger partial charge in [-0.25, -0.2) is 0 Å². The summed E-state index contributed by atoms with van der Waals surface area (Å²) in [6.45, 7) is 8.89. The number of hydrogen-bond acceptors (Lipinski definition) is 8. The second-order valence-electron chi connectivity index (χ2n) is 9.21. The number of nitrogens with zero attached hydrogens (tertiary/aromatic N) is 5. The smallest absolute Gasteiger partial charge is 0.325 e. The Morgan fingerprint density at radius 1 is 1.17 bits per heavy atom. The fourth-order valence-electron chi connectivity index (χ4n) is 4.69. The number of aliphatic imine (C=N–C) groups is 1. The number of piperazine rings is 1. The van der Waals surface area contributed by atoms with Crippen molar-refractivity contribution in [3.05, 3.63) is 63.7 Å². The van der Waals surface area contributed by atoms with Gasteiger partial charge in [0.25, 0.3) is 0 Å². The minimum absolute atomic E-state index is 0.167. The van der Waals surface area contributed by atoms with Crippen molar-refractivity contribution in [2.45, 2.75) is 20.3 Å². The SMILES string of the molecule is C/C=C/C1=CC(Nc2cc(N3CCN(CCO)CC3)nc(Oc3ccc4c(c3Cl)C=C(C)C4)n2)=NC1. The van der Waals surface area contributed by atoms with E-state index in [1.807, 2.05) is 37.3 Å². The maximum Gasteiger partial charge on any atom is 0.325 e. The van der Waals surface area contributed by atoms with Gasteiger partial charge in [-0.15, -0.1) is 0 Å². The first-order chi connectivity index (χ1) is 17.5. The third-order valence-electron chi connectivity index (χ3n) is 6.49. The lowest BCUT2D eigenvalue weighted by Crippen LogP contribution is -2.47. The van der Waals surface area contributed by atoms with Crippen LogP contribution < -0.4 is 15.0 Å². The standard InChI is InChI=1S/C27H31ClN6O2/c1-3-4-19-15-23(29-17-19)30-24-16-25(34-9-7-33(8-10-34)11-12-35)32-27(31-24)36-22-6-5-20-13-18(2)14-21(20)26(22)28/h3-6,14-16,35H,7-13,17H2,1-2H3,(H,29,30,31,32)/b4-3+. The molecule has 3 heterocycles. The molecule has 0 bridgehead atoms. The molecular weight excluding hydrogens is 476 g/mol. The molecule has 0 amide bonds. The molecule has 1 aromatic carbocycles. The van der Waals surface area contributed by atoms with Crippen LogP contribution in [0.5, 0.6) is 11.8 Å². The molecule has 2 N–H and O–H groups in total. The van der Waals surface area contributed by atoms with Crippen LogP contribution in [-0.4, -0.2) is 71.7 Å². The van der Waals surface area contributed by atoms with Gasteiger partial charge in [-0.05, 0) is 43.5 Å². The van der Waals surface area contributed by atoms with Gasteiger partial charge in [0, 0.05) is 44.4 Å². The fourth-order valence-corrected chi connectivity index (χ4v) is 4.97. The number of aliphatic hydroxyl groups excluding tert-OH is 1. The number of aliphatic hydroxyl groups is 1. The van der Waals surface area contributed by atoms with Gasteiger partial charge in [0.05, 0.1) is 18.2 Å². The van der Waals surface area contributed by atoms with Crippen molar-refractivity contribution >= 4 is 35.1 Å². The molecule has 2 aromatic rings. The summed E-state index contributed by atoms with van der Waals surface area (Å²) < 4.78 is 6.17. The molecule has 36 heavy (non-hydrogen) atoms. The van der Waals surface area contributed by atoms with Crippen molar-refractivity contribution in [1.29, 1.82) is 0 Å². The number of allylic oxidation sites excluding steroid dienone is 2. The highest BCUT2D eigenvalue weighted by molar-refractivity contribution is 6.33. The van der Waals surface area contributed by atoms with E-state index in [1.165, 1.54) is 11.1 Å². The van der Waals surface area contributed by atoms with Crippen LogP contribution in [-0.2, 0) is 6.42 Å². The summed E-state index contributed by atoms with van der Waals surface area (Å²) >= 11 is 6.72. The zero-order valence-electron chi connectivity index (χ0n) is 20.7. The Balaban J connectivity index is 1.42. The molecule has 1 saturated heterocycles. The van der Waals surface area contributed by atoms with Gasteiger partial charge in [-0.2, -0.15) is 9.97 Å². The van der Waals surface area contributed by atoms with E-state index >= 15 is 0 Å². The van der Waals surface area contributed by atoms with E-state index < -0.39 is 0 Å². The van der Waals surface area contributed by atoms with E-state index in [4.69, 9.17) is 21.3 Å². The number of amidine groups is 1. The van der Waals surface area contributed by atoms with Crippen LogP contribution in [0, 0.1) is 0 Å². The maximum absolute atomic E-state index is 9.26. The number of nitrogens with one attached hydrogen (secondary N) is 1. The van der Waals surface area contributed by atoms with Crippen LogP contribution in [0.1, 0.15) is 25.0 Å². The zero-order chi connectivity index (χ0) is 25.1. The molecule has 8 nitrogen and oxygen atoms in total. The Kier molecular flexibility index (Phi) is 7.36. The van der Waals surface area contributed by atoms with Gasteiger partial charge in [0.15, 0.2) is 0 Å². The number of fused-ring (bicyclic) bond motifs is 1. The number of hydrogen-bond donors (Lipinski definition) is 2. The summed E-state index contributed by atoms with van der Waals surface area (Å²) in [6.07, 6.45) is 9.08. The summed E-state index contributed by atoms with van der Waals surface area (Å²) in [6, 6.07) is 6.09. The normalized spacial score (nSPS) is 17.8. The first-order valence-electron chi connectivity index (χ1n) is 12.3. The molecule has 0 spiro atoms. The molecule has 1 aliphatic carbocycles. The first-order valence-corrected chi connectivity index (χ1v) is 12.7. The van der Waals surface area contributed by atoms with Crippen LogP contribution in [0.4, 0.5) is 11.6 Å². The molecular formula is C27H31ClN6O2. The zero-order valence-corrected chi connectivity index (χ0v) is 21.4. The molecule has 0 atom stereocenters. The van der Waals surface area contributed by atoms with E-state index in [-0.39, 0.29) is 12.6 Å². The molecule has 9 heteroatoms. The number of anilines is 2. The minimum Gasteiger partial charge on any atom is -0.423 e. The first kappa shape index (κ1) is 24.5. The van der Waals surface area contributed by atoms with Gasteiger partial charge in [0.2, 0.25) is 0 Å². The topological polar surface area (TPSA) is 86.1 Å². The van der Waals surface area contributed by atoms with E-state index in [0.717, 1.165) is 55.4 Å². The summed E-state index contributed by atoms with van der Waals surface area (Å²) in [5, 5.41) is 13.2. The average molecular weight is 507 g/mol. The second kappa shape index (κ2) is 10.8. The fraction of sp³-hybridized carbons (Fsp3) is 0.370. The Morgan fingerprint density at radius 2 is 2.00 bits per heavy atom. The van der Waals surface area contributed by atoms with Crippen LogP contribution >= 0.6 is 11.6 Å². The van der Waals surface area contributed by atoms with Gasteiger partial charge in [-0.1, -0.05) is 41.5 Å². The average Bonchev–Trinajstić information content (AvgIpc) is 3.47. The maximum atomic E-state index is 9.26. The predicted molar refractivity (Wildman–Crippen MR) is 145 cm³/mol. The van der Waals surface area contributed by atoms with Crippen molar-refractivity contribution in [3.8, 4) is 11.8 Å². The Morgan fingerprint density at radius 3 is 2.78 bits per heavy atom. The predicted octanol–water partition coefficient (Wildman–Crippen LogP) is 4.32. The number of aromatic nitrogens is 2. The lowest BCUT2D eigenvalue weighted by Gasteiger charge is -2.35. The van der Waals surface area contributed by atoms with Crippen LogP contribution in [0.2, 0.25) is 5.02 Å².